The number of hydrogen-bond donors (Lipinski definition) is 1. The standard InChI is InChI=1S/C18H21F2N/c1-2-3-4-5-14-6-8-18(9-7-14)21-13-15-10-16(19)12-17(20)11-15/h6-12,21H,2-5,13H2,1H3. The average molecular weight is 289 g/mol. The fourth-order valence-corrected chi connectivity index (χ4v) is 2.29. The van der Waals surface area contributed by atoms with Crippen molar-refractivity contribution >= 4 is 5.69 Å². The minimum Gasteiger partial charge on any atom is -0.381 e. The van der Waals surface area contributed by atoms with Gasteiger partial charge in [0.05, 0.1) is 0 Å². The fraction of sp³-hybridized carbons (Fsp3) is 0.333. The Morgan fingerprint density at radius 1 is 0.857 bits per heavy atom. The molecular weight excluding hydrogens is 268 g/mol. The maximum atomic E-state index is 13.1. The van der Waals surface area contributed by atoms with Gasteiger partial charge >= 0.3 is 0 Å². The summed E-state index contributed by atoms with van der Waals surface area (Å²) in [5.74, 6) is -1.09. The van der Waals surface area contributed by atoms with Gasteiger partial charge in [-0.05, 0) is 48.2 Å². The molecule has 0 saturated carbocycles. The summed E-state index contributed by atoms with van der Waals surface area (Å²) in [7, 11) is 0. The number of nitrogens with one attached hydrogen (secondary N) is 1. The van der Waals surface area contributed by atoms with E-state index in [9.17, 15) is 8.78 Å². The molecule has 112 valence electrons. The topological polar surface area (TPSA) is 12.0 Å². The van der Waals surface area contributed by atoms with Gasteiger partial charge in [-0.15, -0.1) is 0 Å². The Morgan fingerprint density at radius 3 is 2.14 bits per heavy atom. The molecule has 0 aliphatic carbocycles. The first-order valence-corrected chi connectivity index (χ1v) is 7.45. The van der Waals surface area contributed by atoms with Crippen LogP contribution in [-0.4, -0.2) is 0 Å². The smallest absolute Gasteiger partial charge is 0.126 e. The van der Waals surface area contributed by atoms with E-state index in [0.29, 0.717) is 12.1 Å². The highest BCUT2D eigenvalue weighted by atomic mass is 19.1. The van der Waals surface area contributed by atoms with Crippen LogP contribution in [-0.2, 0) is 13.0 Å². The SMILES string of the molecule is CCCCCc1ccc(NCc2cc(F)cc(F)c2)cc1. The van der Waals surface area contributed by atoms with Gasteiger partial charge in [-0.1, -0.05) is 31.9 Å². The first-order valence-electron chi connectivity index (χ1n) is 7.45. The lowest BCUT2D eigenvalue weighted by Crippen LogP contribution is -2.00. The number of rotatable bonds is 7. The van der Waals surface area contributed by atoms with Crippen molar-refractivity contribution in [2.24, 2.45) is 0 Å². The van der Waals surface area contributed by atoms with Crippen molar-refractivity contribution in [3.8, 4) is 0 Å². The van der Waals surface area contributed by atoms with Crippen molar-refractivity contribution in [3.05, 3.63) is 65.2 Å². The highest BCUT2D eigenvalue weighted by Crippen LogP contribution is 2.14. The fourth-order valence-electron chi connectivity index (χ4n) is 2.29. The summed E-state index contributed by atoms with van der Waals surface area (Å²) in [4.78, 5) is 0. The summed E-state index contributed by atoms with van der Waals surface area (Å²) in [6.07, 6.45) is 4.80. The van der Waals surface area contributed by atoms with Crippen LogP contribution in [0.4, 0.5) is 14.5 Å². The van der Waals surface area contributed by atoms with E-state index in [0.717, 1.165) is 18.2 Å². The molecule has 2 aromatic rings. The Bertz CT molecular complexity index is 544. The van der Waals surface area contributed by atoms with Crippen molar-refractivity contribution in [1.29, 1.82) is 0 Å². The van der Waals surface area contributed by atoms with Crippen LogP contribution in [0.3, 0.4) is 0 Å². The molecule has 2 aromatic carbocycles. The molecule has 0 aromatic heterocycles. The molecule has 1 nitrogen and oxygen atoms in total. The van der Waals surface area contributed by atoms with Crippen LogP contribution in [0.25, 0.3) is 0 Å². The van der Waals surface area contributed by atoms with Gasteiger partial charge in [0.1, 0.15) is 11.6 Å². The Balaban J connectivity index is 1.88. The van der Waals surface area contributed by atoms with E-state index in [4.69, 9.17) is 0 Å². The second kappa shape index (κ2) is 7.77. The molecule has 0 bridgehead atoms. The molecule has 0 aliphatic rings. The molecular formula is C18H21F2N. The lowest BCUT2D eigenvalue weighted by molar-refractivity contribution is 0.580. The quantitative estimate of drug-likeness (QED) is 0.681. The molecule has 2 rings (SSSR count). The van der Waals surface area contributed by atoms with Crippen molar-refractivity contribution < 1.29 is 8.78 Å². The summed E-state index contributed by atoms with van der Waals surface area (Å²) in [6.45, 7) is 2.60. The van der Waals surface area contributed by atoms with E-state index in [1.807, 2.05) is 12.1 Å². The van der Waals surface area contributed by atoms with Crippen LogP contribution in [0.15, 0.2) is 42.5 Å². The van der Waals surface area contributed by atoms with Crippen molar-refractivity contribution in [2.45, 2.75) is 39.2 Å². The van der Waals surface area contributed by atoms with Gasteiger partial charge in [-0.2, -0.15) is 0 Å². The third kappa shape index (κ3) is 5.18. The first-order chi connectivity index (χ1) is 10.2. The van der Waals surface area contributed by atoms with E-state index in [2.05, 4.69) is 24.4 Å². The van der Waals surface area contributed by atoms with E-state index < -0.39 is 11.6 Å². The molecule has 0 saturated heterocycles. The maximum absolute atomic E-state index is 13.1. The van der Waals surface area contributed by atoms with Crippen LogP contribution in [0.5, 0.6) is 0 Å². The number of benzene rings is 2. The number of aryl methyl sites for hydroxylation is 1. The predicted molar refractivity (Wildman–Crippen MR) is 83.4 cm³/mol. The van der Waals surface area contributed by atoms with Crippen LogP contribution in [0.1, 0.15) is 37.3 Å². The summed E-state index contributed by atoms with van der Waals surface area (Å²) >= 11 is 0. The van der Waals surface area contributed by atoms with Crippen LogP contribution >= 0.6 is 0 Å². The number of hydrogen-bond acceptors (Lipinski definition) is 1. The van der Waals surface area contributed by atoms with Gasteiger partial charge in [-0.3, -0.25) is 0 Å². The van der Waals surface area contributed by atoms with Crippen molar-refractivity contribution in [1.82, 2.24) is 0 Å². The molecule has 0 amide bonds. The first kappa shape index (κ1) is 15.5. The van der Waals surface area contributed by atoms with Gasteiger partial charge in [0, 0.05) is 18.3 Å². The van der Waals surface area contributed by atoms with E-state index in [1.165, 1.54) is 37.0 Å². The number of halogens is 2. The summed E-state index contributed by atoms with van der Waals surface area (Å²) in [5.41, 5.74) is 2.88. The third-order valence-corrected chi connectivity index (χ3v) is 3.44. The second-order valence-corrected chi connectivity index (χ2v) is 5.29. The molecule has 0 spiro atoms. The molecule has 0 unspecified atom stereocenters. The zero-order valence-corrected chi connectivity index (χ0v) is 12.3. The zero-order chi connectivity index (χ0) is 15.1. The molecule has 3 heteroatoms. The largest absolute Gasteiger partial charge is 0.381 e. The van der Waals surface area contributed by atoms with Gasteiger partial charge in [-0.25, -0.2) is 8.78 Å². The Labute approximate surface area is 125 Å². The van der Waals surface area contributed by atoms with Gasteiger partial charge in [0.2, 0.25) is 0 Å². The average Bonchev–Trinajstić information content (AvgIpc) is 2.46. The predicted octanol–water partition coefficient (Wildman–Crippen LogP) is 5.31. The van der Waals surface area contributed by atoms with E-state index in [-0.39, 0.29) is 0 Å². The molecule has 0 radical (unpaired) electrons. The van der Waals surface area contributed by atoms with Crippen LogP contribution in [0, 0.1) is 11.6 Å². The molecule has 0 fully saturated rings. The Hall–Kier alpha value is -1.90. The minimum absolute atomic E-state index is 0.407. The zero-order valence-electron chi connectivity index (χ0n) is 12.3. The van der Waals surface area contributed by atoms with Crippen molar-refractivity contribution in [3.63, 3.8) is 0 Å². The van der Waals surface area contributed by atoms with Crippen LogP contribution in [0.2, 0.25) is 0 Å². The summed E-state index contributed by atoms with van der Waals surface area (Å²) < 4.78 is 26.2. The second-order valence-electron chi connectivity index (χ2n) is 5.29. The monoisotopic (exact) mass is 289 g/mol. The third-order valence-electron chi connectivity index (χ3n) is 3.44. The molecule has 0 aliphatic heterocycles. The summed E-state index contributed by atoms with van der Waals surface area (Å²) in [6, 6.07) is 11.8. The van der Waals surface area contributed by atoms with Gasteiger partial charge < -0.3 is 5.32 Å². The number of anilines is 1. The van der Waals surface area contributed by atoms with E-state index in [1.54, 1.807) is 0 Å². The van der Waals surface area contributed by atoms with Crippen molar-refractivity contribution in [2.75, 3.05) is 5.32 Å². The highest BCUT2D eigenvalue weighted by Gasteiger charge is 2.01. The molecule has 0 heterocycles. The van der Waals surface area contributed by atoms with E-state index >= 15 is 0 Å². The Kier molecular flexibility index (Phi) is 5.73. The Morgan fingerprint density at radius 2 is 1.52 bits per heavy atom. The molecule has 1 N–H and O–H groups in total. The lowest BCUT2D eigenvalue weighted by Gasteiger charge is -2.08. The maximum Gasteiger partial charge on any atom is 0.126 e. The van der Waals surface area contributed by atoms with Gasteiger partial charge in [0.25, 0.3) is 0 Å². The van der Waals surface area contributed by atoms with Crippen LogP contribution < -0.4 is 5.32 Å². The minimum atomic E-state index is -0.543. The summed E-state index contributed by atoms with van der Waals surface area (Å²) in [5, 5.41) is 3.18. The molecule has 0 atom stereocenters. The normalized spacial score (nSPS) is 10.6. The van der Waals surface area contributed by atoms with Gasteiger partial charge in [0.15, 0.2) is 0 Å². The molecule has 21 heavy (non-hydrogen) atoms. The lowest BCUT2D eigenvalue weighted by atomic mass is 10.1. The highest BCUT2D eigenvalue weighted by molar-refractivity contribution is 5.45. The number of unbranched alkanes of at least 4 members (excludes halogenated alkanes) is 2.